The summed E-state index contributed by atoms with van der Waals surface area (Å²) in [5.74, 6) is -1.29. The van der Waals surface area contributed by atoms with E-state index < -0.39 is 28.9 Å². The first-order chi connectivity index (χ1) is 10.1. The number of piperidine rings is 1. The first kappa shape index (κ1) is 16.7. The lowest BCUT2D eigenvalue weighted by Gasteiger charge is -2.40. The van der Waals surface area contributed by atoms with Crippen LogP contribution in [0, 0.1) is 11.6 Å². The van der Waals surface area contributed by atoms with E-state index in [0.29, 0.717) is 13.1 Å². The Morgan fingerprint density at radius 1 is 1.23 bits per heavy atom. The Morgan fingerprint density at radius 3 is 2.18 bits per heavy atom. The molecule has 0 atom stereocenters. The van der Waals surface area contributed by atoms with Crippen LogP contribution >= 0.6 is 0 Å². The normalized spacial score (nSPS) is 18.2. The fourth-order valence-electron chi connectivity index (χ4n) is 2.64. The molecule has 1 aliphatic heterocycles. The van der Waals surface area contributed by atoms with Gasteiger partial charge < -0.3 is 15.4 Å². The molecule has 4 nitrogen and oxygen atoms in total. The van der Waals surface area contributed by atoms with Crippen molar-refractivity contribution in [1.29, 1.82) is 0 Å². The predicted molar refractivity (Wildman–Crippen MR) is 79.3 cm³/mol. The van der Waals surface area contributed by atoms with Crippen molar-refractivity contribution in [3.05, 3.63) is 35.4 Å². The standard InChI is InChI=1S/C16H22F2N2O2/c1-15(2,3)22-14(21)20-9-7-16(19,8-10-20)13-11(17)5-4-6-12(13)18/h4-6H,7-10,19H2,1-3H3. The van der Waals surface area contributed by atoms with E-state index in [2.05, 4.69) is 0 Å². The number of halogens is 2. The van der Waals surface area contributed by atoms with Crippen LogP contribution in [0.2, 0.25) is 0 Å². The second-order valence-corrected chi connectivity index (χ2v) is 6.72. The van der Waals surface area contributed by atoms with Gasteiger partial charge in [-0.25, -0.2) is 13.6 Å². The minimum absolute atomic E-state index is 0.0983. The van der Waals surface area contributed by atoms with Gasteiger partial charge in [-0.3, -0.25) is 0 Å². The fourth-order valence-corrected chi connectivity index (χ4v) is 2.64. The third-order valence-corrected chi connectivity index (χ3v) is 3.77. The number of nitrogens with zero attached hydrogens (tertiary/aromatic N) is 1. The third-order valence-electron chi connectivity index (χ3n) is 3.77. The number of carbonyl (C=O) groups excluding carboxylic acids is 1. The van der Waals surface area contributed by atoms with Gasteiger partial charge in [0.15, 0.2) is 0 Å². The zero-order valence-electron chi connectivity index (χ0n) is 13.2. The maximum atomic E-state index is 13.9. The molecule has 2 rings (SSSR count). The van der Waals surface area contributed by atoms with E-state index in [1.54, 1.807) is 20.8 Å². The van der Waals surface area contributed by atoms with Gasteiger partial charge in [-0.1, -0.05) is 6.07 Å². The van der Waals surface area contributed by atoms with Crippen LogP contribution in [0.3, 0.4) is 0 Å². The molecule has 0 aliphatic carbocycles. The van der Waals surface area contributed by atoms with Gasteiger partial charge in [0.05, 0.1) is 5.54 Å². The molecule has 22 heavy (non-hydrogen) atoms. The molecule has 0 radical (unpaired) electrons. The zero-order valence-corrected chi connectivity index (χ0v) is 13.2. The number of likely N-dealkylation sites (tertiary alicyclic amines) is 1. The highest BCUT2D eigenvalue weighted by Crippen LogP contribution is 2.34. The van der Waals surface area contributed by atoms with Crippen molar-refractivity contribution in [2.75, 3.05) is 13.1 Å². The minimum Gasteiger partial charge on any atom is -0.444 e. The van der Waals surface area contributed by atoms with Gasteiger partial charge in [0.2, 0.25) is 0 Å². The van der Waals surface area contributed by atoms with Crippen molar-refractivity contribution in [2.45, 2.75) is 44.8 Å². The average molecular weight is 312 g/mol. The van der Waals surface area contributed by atoms with Crippen molar-refractivity contribution in [2.24, 2.45) is 5.73 Å². The SMILES string of the molecule is CC(C)(C)OC(=O)N1CCC(N)(c2c(F)cccc2F)CC1. The zero-order chi connectivity index (χ0) is 16.5. The number of hydrogen-bond donors (Lipinski definition) is 1. The monoisotopic (exact) mass is 312 g/mol. The summed E-state index contributed by atoms with van der Waals surface area (Å²) < 4.78 is 33.2. The molecule has 1 aromatic rings. The molecule has 0 spiro atoms. The fraction of sp³-hybridized carbons (Fsp3) is 0.562. The smallest absolute Gasteiger partial charge is 0.410 e. The molecule has 1 fully saturated rings. The van der Waals surface area contributed by atoms with Crippen LogP contribution < -0.4 is 5.73 Å². The Bertz CT molecular complexity index is 542. The lowest BCUT2D eigenvalue weighted by molar-refractivity contribution is 0.0163. The van der Waals surface area contributed by atoms with E-state index >= 15 is 0 Å². The van der Waals surface area contributed by atoms with E-state index in [4.69, 9.17) is 10.5 Å². The largest absolute Gasteiger partial charge is 0.444 e. The van der Waals surface area contributed by atoms with E-state index in [1.807, 2.05) is 0 Å². The maximum Gasteiger partial charge on any atom is 0.410 e. The highest BCUT2D eigenvalue weighted by atomic mass is 19.1. The van der Waals surface area contributed by atoms with Crippen LogP contribution in [0.4, 0.5) is 13.6 Å². The number of benzene rings is 1. The van der Waals surface area contributed by atoms with Crippen LogP contribution in [0.5, 0.6) is 0 Å². The van der Waals surface area contributed by atoms with Crippen LogP contribution in [-0.2, 0) is 10.3 Å². The molecule has 1 heterocycles. The first-order valence-electron chi connectivity index (χ1n) is 7.34. The number of hydrogen-bond acceptors (Lipinski definition) is 3. The minimum atomic E-state index is -1.10. The Kier molecular flexibility index (Phi) is 4.42. The van der Waals surface area contributed by atoms with Crippen molar-refractivity contribution in [3.8, 4) is 0 Å². The van der Waals surface area contributed by atoms with Gasteiger partial charge >= 0.3 is 6.09 Å². The summed E-state index contributed by atoms with van der Waals surface area (Å²) >= 11 is 0. The Labute approximate surface area is 129 Å². The number of carbonyl (C=O) groups is 1. The molecule has 122 valence electrons. The van der Waals surface area contributed by atoms with E-state index in [0.717, 1.165) is 0 Å². The van der Waals surface area contributed by atoms with Gasteiger partial charge in [-0.05, 0) is 45.7 Å². The summed E-state index contributed by atoms with van der Waals surface area (Å²) in [7, 11) is 0. The highest BCUT2D eigenvalue weighted by molar-refractivity contribution is 5.68. The molecular formula is C16H22F2N2O2. The number of ether oxygens (including phenoxy) is 1. The lowest BCUT2D eigenvalue weighted by atomic mass is 9.81. The quantitative estimate of drug-likeness (QED) is 0.866. The van der Waals surface area contributed by atoms with E-state index in [-0.39, 0.29) is 18.4 Å². The van der Waals surface area contributed by atoms with Crippen LogP contribution in [0.1, 0.15) is 39.2 Å². The van der Waals surface area contributed by atoms with Gasteiger partial charge in [0.1, 0.15) is 17.2 Å². The van der Waals surface area contributed by atoms with E-state index in [9.17, 15) is 13.6 Å². The van der Waals surface area contributed by atoms with Gasteiger partial charge in [-0.15, -0.1) is 0 Å². The number of amides is 1. The molecule has 0 saturated carbocycles. The number of rotatable bonds is 1. The Balaban J connectivity index is 2.09. The summed E-state index contributed by atoms with van der Waals surface area (Å²) in [6, 6.07) is 3.72. The second-order valence-electron chi connectivity index (χ2n) is 6.72. The van der Waals surface area contributed by atoms with E-state index in [1.165, 1.54) is 23.1 Å². The molecule has 6 heteroatoms. The van der Waals surface area contributed by atoms with Crippen molar-refractivity contribution < 1.29 is 18.3 Å². The predicted octanol–water partition coefficient (Wildman–Crippen LogP) is 3.15. The van der Waals surface area contributed by atoms with Gasteiger partial charge in [-0.2, -0.15) is 0 Å². The highest BCUT2D eigenvalue weighted by Gasteiger charge is 2.38. The molecule has 0 aromatic heterocycles. The third kappa shape index (κ3) is 3.55. The summed E-state index contributed by atoms with van der Waals surface area (Å²) in [5.41, 5.74) is 4.43. The molecule has 2 N–H and O–H groups in total. The van der Waals surface area contributed by atoms with Crippen molar-refractivity contribution in [1.82, 2.24) is 4.90 Å². The molecule has 0 unspecified atom stereocenters. The maximum absolute atomic E-state index is 13.9. The summed E-state index contributed by atoms with van der Waals surface area (Å²) in [4.78, 5) is 13.5. The molecule has 1 aliphatic rings. The first-order valence-corrected chi connectivity index (χ1v) is 7.34. The molecule has 1 aromatic carbocycles. The second kappa shape index (κ2) is 5.83. The average Bonchev–Trinajstić information content (AvgIpc) is 2.36. The Hall–Kier alpha value is -1.69. The van der Waals surface area contributed by atoms with Crippen LogP contribution in [-0.4, -0.2) is 29.7 Å². The van der Waals surface area contributed by atoms with Gasteiger partial charge in [0, 0.05) is 18.7 Å². The molecular weight excluding hydrogens is 290 g/mol. The van der Waals surface area contributed by atoms with Gasteiger partial charge in [0.25, 0.3) is 0 Å². The summed E-state index contributed by atoms with van der Waals surface area (Å²) in [6.07, 6.45) is 0.136. The molecule has 0 bridgehead atoms. The van der Waals surface area contributed by atoms with Crippen molar-refractivity contribution >= 4 is 6.09 Å². The van der Waals surface area contributed by atoms with Crippen molar-refractivity contribution in [3.63, 3.8) is 0 Å². The molecule has 1 saturated heterocycles. The summed E-state index contributed by atoms with van der Waals surface area (Å²) in [5, 5.41) is 0. The summed E-state index contributed by atoms with van der Waals surface area (Å²) in [6.45, 7) is 5.97. The number of nitrogens with two attached hydrogens (primary N) is 1. The van der Waals surface area contributed by atoms with Crippen LogP contribution in [0.15, 0.2) is 18.2 Å². The Morgan fingerprint density at radius 2 is 1.73 bits per heavy atom. The van der Waals surface area contributed by atoms with Crippen LogP contribution in [0.25, 0.3) is 0 Å². The topological polar surface area (TPSA) is 55.6 Å². The molecule has 1 amide bonds. The lowest BCUT2D eigenvalue weighted by Crippen LogP contribution is -2.51.